The van der Waals surface area contributed by atoms with Gasteiger partial charge in [0.15, 0.2) is 0 Å². The van der Waals surface area contributed by atoms with Gasteiger partial charge in [-0.05, 0) is 18.6 Å². The maximum Gasteiger partial charge on any atom is 0.258 e. The highest BCUT2D eigenvalue weighted by Gasteiger charge is 2.11. The third-order valence-corrected chi connectivity index (χ3v) is 3.21. The molecule has 22 heavy (non-hydrogen) atoms. The third-order valence-electron chi connectivity index (χ3n) is 3.21. The number of nitrogens with one attached hydrogen (secondary N) is 1. The van der Waals surface area contributed by atoms with Gasteiger partial charge in [-0.25, -0.2) is 14.4 Å². The summed E-state index contributed by atoms with van der Waals surface area (Å²) in [6.07, 6.45) is 5.03. The Labute approximate surface area is 129 Å². The van der Waals surface area contributed by atoms with Crippen molar-refractivity contribution in [2.75, 3.05) is 23.8 Å². The second-order valence-corrected chi connectivity index (χ2v) is 4.98. The van der Waals surface area contributed by atoms with Crippen LogP contribution in [0, 0.1) is 5.82 Å². The number of benzene rings is 1. The fraction of sp³-hybridized carbons (Fsp3) is 0.312. The molecular formula is C16H19FN4O. The molecule has 2 rings (SSSR count). The van der Waals surface area contributed by atoms with Gasteiger partial charge < -0.3 is 10.2 Å². The van der Waals surface area contributed by atoms with Crippen LogP contribution in [-0.2, 0) is 0 Å². The molecule has 0 radical (unpaired) electrons. The zero-order chi connectivity index (χ0) is 15.9. The van der Waals surface area contributed by atoms with Crippen molar-refractivity contribution in [1.29, 1.82) is 0 Å². The Morgan fingerprint density at radius 2 is 1.95 bits per heavy atom. The van der Waals surface area contributed by atoms with Gasteiger partial charge in [-0.15, -0.1) is 0 Å². The maximum atomic E-state index is 13.5. The van der Waals surface area contributed by atoms with Gasteiger partial charge >= 0.3 is 0 Å². The summed E-state index contributed by atoms with van der Waals surface area (Å²) in [7, 11) is 1.91. The lowest BCUT2D eigenvalue weighted by Gasteiger charge is -2.16. The van der Waals surface area contributed by atoms with E-state index >= 15 is 0 Å². The smallest absolute Gasteiger partial charge is 0.258 e. The van der Waals surface area contributed by atoms with Crippen LogP contribution in [0.1, 0.15) is 30.1 Å². The number of carbonyl (C=O) groups excluding carboxylic acids is 1. The minimum atomic E-state index is -0.479. The summed E-state index contributed by atoms with van der Waals surface area (Å²) in [5.41, 5.74) is 0.424. The van der Waals surface area contributed by atoms with Crippen LogP contribution in [-0.4, -0.2) is 29.5 Å². The lowest BCUT2D eigenvalue weighted by atomic mass is 10.2. The first-order valence-electron chi connectivity index (χ1n) is 7.21. The second-order valence-electron chi connectivity index (χ2n) is 4.98. The Bertz CT molecular complexity index is 630. The van der Waals surface area contributed by atoms with Crippen molar-refractivity contribution in [3.05, 3.63) is 48.0 Å². The molecule has 5 nitrogen and oxygen atoms in total. The topological polar surface area (TPSA) is 58.1 Å². The quantitative estimate of drug-likeness (QED) is 0.891. The van der Waals surface area contributed by atoms with E-state index in [2.05, 4.69) is 22.2 Å². The molecule has 0 bridgehead atoms. The number of hydrogen-bond acceptors (Lipinski definition) is 4. The number of carbonyl (C=O) groups is 1. The molecule has 1 amide bonds. The van der Waals surface area contributed by atoms with E-state index in [1.54, 1.807) is 12.1 Å². The largest absolute Gasteiger partial charge is 0.344 e. The minimum absolute atomic E-state index is 0.136. The van der Waals surface area contributed by atoms with Crippen molar-refractivity contribution in [2.24, 2.45) is 0 Å². The first-order valence-corrected chi connectivity index (χ1v) is 7.21. The van der Waals surface area contributed by atoms with E-state index in [0.29, 0.717) is 5.95 Å². The predicted molar refractivity (Wildman–Crippen MR) is 84.6 cm³/mol. The van der Waals surface area contributed by atoms with Gasteiger partial charge in [0.1, 0.15) is 5.82 Å². The van der Waals surface area contributed by atoms with Gasteiger partial charge in [-0.2, -0.15) is 0 Å². The molecule has 1 heterocycles. The monoisotopic (exact) mass is 302 g/mol. The van der Waals surface area contributed by atoms with Crippen LogP contribution < -0.4 is 10.2 Å². The van der Waals surface area contributed by atoms with Gasteiger partial charge in [-0.3, -0.25) is 4.79 Å². The molecule has 6 heteroatoms. The Kier molecular flexibility index (Phi) is 5.41. The SMILES string of the molecule is CCCCN(C)c1ncc(C(=O)Nc2ccccc2F)cn1. The number of halogens is 1. The third kappa shape index (κ3) is 4.00. The zero-order valence-electron chi connectivity index (χ0n) is 12.7. The van der Waals surface area contributed by atoms with E-state index in [4.69, 9.17) is 0 Å². The van der Waals surface area contributed by atoms with E-state index in [1.165, 1.54) is 24.5 Å². The number of nitrogens with zero attached hydrogens (tertiary/aromatic N) is 3. The Balaban J connectivity index is 2.04. The summed E-state index contributed by atoms with van der Waals surface area (Å²) in [6, 6.07) is 6.01. The van der Waals surface area contributed by atoms with Crippen molar-refractivity contribution < 1.29 is 9.18 Å². The van der Waals surface area contributed by atoms with Gasteiger partial charge in [0.05, 0.1) is 11.3 Å². The number of anilines is 2. The maximum absolute atomic E-state index is 13.5. The minimum Gasteiger partial charge on any atom is -0.344 e. The molecule has 0 fully saturated rings. The number of unbranched alkanes of at least 4 members (excludes halogenated alkanes) is 1. The lowest BCUT2D eigenvalue weighted by molar-refractivity contribution is 0.102. The number of hydrogen-bond donors (Lipinski definition) is 1. The highest BCUT2D eigenvalue weighted by Crippen LogP contribution is 2.14. The fourth-order valence-electron chi connectivity index (χ4n) is 1.89. The van der Waals surface area contributed by atoms with E-state index < -0.39 is 11.7 Å². The summed E-state index contributed by atoms with van der Waals surface area (Å²) < 4.78 is 13.5. The van der Waals surface area contributed by atoms with Crippen molar-refractivity contribution in [3.63, 3.8) is 0 Å². The molecule has 1 N–H and O–H groups in total. The highest BCUT2D eigenvalue weighted by atomic mass is 19.1. The molecule has 0 atom stereocenters. The van der Waals surface area contributed by atoms with Gasteiger partial charge in [0.2, 0.25) is 5.95 Å². The van der Waals surface area contributed by atoms with Crippen LogP contribution >= 0.6 is 0 Å². The first kappa shape index (κ1) is 15.9. The molecule has 1 aromatic heterocycles. The van der Waals surface area contributed by atoms with Crippen LogP contribution in [0.3, 0.4) is 0 Å². The van der Waals surface area contributed by atoms with Crippen LogP contribution in [0.4, 0.5) is 16.0 Å². The lowest BCUT2D eigenvalue weighted by Crippen LogP contribution is -2.21. The Hall–Kier alpha value is -2.50. The highest BCUT2D eigenvalue weighted by molar-refractivity contribution is 6.03. The molecule has 0 saturated carbocycles. The normalized spacial score (nSPS) is 10.3. The van der Waals surface area contributed by atoms with Gasteiger partial charge in [0.25, 0.3) is 5.91 Å². The summed E-state index contributed by atoms with van der Waals surface area (Å²) in [4.78, 5) is 22.3. The molecule has 0 aliphatic heterocycles. The van der Waals surface area contributed by atoms with E-state index in [-0.39, 0.29) is 11.3 Å². The molecule has 0 aliphatic rings. The average molecular weight is 302 g/mol. The van der Waals surface area contributed by atoms with Crippen LogP contribution in [0.15, 0.2) is 36.7 Å². The average Bonchev–Trinajstić information content (AvgIpc) is 2.55. The molecule has 2 aromatic rings. The molecule has 1 aromatic carbocycles. The predicted octanol–water partition coefficient (Wildman–Crippen LogP) is 3.10. The molecule has 116 valence electrons. The number of rotatable bonds is 6. The zero-order valence-corrected chi connectivity index (χ0v) is 12.7. The van der Waals surface area contributed by atoms with E-state index in [9.17, 15) is 9.18 Å². The number of amides is 1. The second kappa shape index (κ2) is 7.49. The number of aromatic nitrogens is 2. The summed E-state index contributed by atoms with van der Waals surface area (Å²) >= 11 is 0. The fourth-order valence-corrected chi connectivity index (χ4v) is 1.89. The van der Waals surface area contributed by atoms with E-state index in [1.807, 2.05) is 11.9 Å². The summed E-state index contributed by atoms with van der Waals surface area (Å²) in [5, 5.41) is 2.50. The number of para-hydroxylation sites is 1. The van der Waals surface area contributed by atoms with Gasteiger partial charge in [-0.1, -0.05) is 25.5 Å². The van der Waals surface area contributed by atoms with Crippen LogP contribution in [0.2, 0.25) is 0 Å². The molecular weight excluding hydrogens is 283 g/mol. The first-order chi connectivity index (χ1) is 10.6. The van der Waals surface area contributed by atoms with Crippen molar-refractivity contribution in [3.8, 4) is 0 Å². The van der Waals surface area contributed by atoms with Crippen molar-refractivity contribution in [1.82, 2.24) is 9.97 Å². The molecule has 0 spiro atoms. The standard InChI is InChI=1S/C16H19FN4O/c1-3-4-9-21(2)16-18-10-12(11-19-16)15(22)20-14-8-6-5-7-13(14)17/h5-8,10-11H,3-4,9H2,1-2H3,(H,20,22). The van der Waals surface area contributed by atoms with Crippen molar-refractivity contribution in [2.45, 2.75) is 19.8 Å². The summed E-state index contributed by atoms with van der Waals surface area (Å²) in [5.74, 6) is -0.351. The van der Waals surface area contributed by atoms with Crippen molar-refractivity contribution >= 4 is 17.5 Å². The summed E-state index contributed by atoms with van der Waals surface area (Å²) in [6.45, 7) is 2.97. The Morgan fingerprint density at radius 3 is 2.59 bits per heavy atom. The van der Waals surface area contributed by atoms with E-state index in [0.717, 1.165) is 19.4 Å². The molecule has 0 unspecified atom stereocenters. The van der Waals surface area contributed by atoms with Crippen LogP contribution in [0.25, 0.3) is 0 Å². The molecule has 0 saturated heterocycles. The van der Waals surface area contributed by atoms with Gasteiger partial charge in [0, 0.05) is 26.0 Å². The van der Waals surface area contributed by atoms with Crippen LogP contribution in [0.5, 0.6) is 0 Å². The Morgan fingerprint density at radius 1 is 1.27 bits per heavy atom. The molecule has 0 aliphatic carbocycles.